The van der Waals surface area contributed by atoms with E-state index in [1.165, 1.54) is 12.8 Å². The minimum atomic E-state index is 0.289. The van der Waals surface area contributed by atoms with Crippen molar-refractivity contribution in [3.8, 4) is 0 Å². The number of hydrogen-bond donors (Lipinski definition) is 0. The Balaban J connectivity index is 1.94. The maximum atomic E-state index is 11.7. The Labute approximate surface area is 83.5 Å². The molecule has 0 unspecified atom stereocenters. The van der Waals surface area contributed by atoms with E-state index < -0.39 is 0 Å². The number of rotatable bonds is 3. The fraction of sp³-hybridized carbons (Fsp3) is 0.545. The first-order valence-corrected chi connectivity index (χ1v) is 5.15. The van der Waals surface area contributed by atoms with E-state index in [1.807, 2.05) is 12.1 Å². The molecule has 0 amide bonds. The second kappa shape index (κ2) is 4.31. The fourth-order valence-corrected chi connectivity index (χ4v) is 2.00. The summed E-state index contributed by atoms with van der Waals surface area (Å²) in [5, 5.41) is 7.68. The monoisotopic (exact) mass is 190 g/mol. The number of hydrogen-bond acceptors (Lipinski definition) is 3. The van der Waals surface area contributed by atoms with Crippen molar-refractivity contribution in [1.29, 1.82) is 0 Å². The SMILES string of the molecule is O=C(Cc1cccnn1)C1CCCC1. The second-order valence-corrected chi connectivity index (χ2v) is 3.84. The van der Waals surface area contributed by atoms with Crippen molar-refractivity contribution >= 4 is 5.78 Å². The highest BCUT2D eigenvalue weighted by atomic mass is 16.1. The van der Waals surface area contributed by atoms with E-state index in [0.717, 1.165) is 18.5 Å². The molecule has 1 saturated carbocycles. The van der Waals surface area contributed by atoms with Crippen LogP contribution in [0.1, 0.15) is 31.4 Å². The molecule has 1 heterocycles. The van der Waals surface area contributed by atoms with Gasteiger partial charge in [0.1, 0.15) is 5.78 Å². The Bertz CT molecular complexity index is 304. The van der Waals surface area contributed by atoms with E-state index in [1.54, 1.807) is 6.20 Å². The zero-order valence-electron chi connectivity index (χ0n) is 8.15. The van der Waals surface area contributed by atoms with Crippen LogP contribution in [0.4, 0.5) is 0 Å². The van der Waals surface area contributed by atoms with Crippen molar-refractivity contribution in [3.05, 3.63) is 24.0 Å². The average Bonchev–Trinajstić information content (AvgIpc) is 2.72. The molecule has 1 aliphatic rings. The molecular formula is C11H14N2O. The van der Waals surface area contributed by atoms with E-state index in [2.05, 4.69) is 10.2 Å². The van der Waals surface area contributed by atoms with Crippen LogP contribution in [0.15, 0.2) is 18.3 Å². The van der Waals surface area contributed by atoms with E-state index in [9.17, 15) is 4.79 Å². The summed E-state index contributed by atoms with van der Waals surface area (Å²) in [6, 6.07) is 3.68. The second-order valence-electron chi connectivity index (χ2n) is 3.84. The average molecular weight is 190 g/mol. The molecule has 3 heteroatoms. The molecule has 0 atom stereocenters. The summed E-state index contributed by atoms with van der Waals surface area (Å²) in [7, 11) is 0. The van der Waals surface area contributed by atoms with E-state index in [-0.39, 0.29) is 5.92 Å². The Morgan fingerprint density at radius 3 is 2.86 bits per heavy atom. The van der Waals surface area contributed by atoms with E-state index in [0.29, 0.717) is 12.2 Å². The minimum absolute atomic E-state index is 0.289. The number of carbonyl (C=O) groups is 1. The van der Waals surface area contributed by atoms with Gasteiger partial charge < -0.3 is 0 Å². The molecule has 1 fully saturated rings. The Morgan fingerprint density at radius 1 is 1.43 bits per heavy atom. The number of ketones is 1. The largest absolute Gasteiger partial charge is 0.299 e. The molecule has 0 spiro atoms. The molecule has 74 valence electrons. The maximum absolute atomic E-state index is 11.7. The van der Waals surface area contributed by atoms with Crippen LogP contribution in [-0.2, 0) is 11.2 Å². The predicted octanol–water partition coefficient (Wildman–Crippen LogP) is 1.78. The van der Waals surface area contributed by atoms with E-state index in [4.69, 9.17) is 0 Å². The van der Waals surface area contributed by atoms with Gasteiger partial charge in [0.2, 0.25) is 0 Å². The molecule has 0 aliphatic heterocycles. The molecule has 0 saturated heterocycles. The summed E-state index contributed by atoms with van der Waals surface area (Å²) in [5.41, 5.74) is 0.796. The van der Waals surface area contributed by atoms with Crippen molar-refractivity contribution < 1.29 is 4.79 Å². The highest BCUT2D eigenvalue weighted by Gasteiger charge is 2.22. The highest BCUT2D eigenvalue weighted by molar-refractivity contribution is 5.83. The zero-order chi connectivity index (χ0) is 9.80. The third kappa shape index (κ3) is 2.16. The van der Waals surface area contributed by atoms with Crippen LogP contribution in [0, 0.1) is 5.92 Å². The molecular weight excluding hydrogens is 176 g/mol. The lowest BCUT2D eigenvalue weighted by molar-refractivity contribution is -0.122. The summed E-state index contributed by atoms with van der Waals surface area (Å²) in [6.45, 7) is 0. The first-order chi connectivity index (χ1) is 6.86. The summed E-state index contributed by atoms with van der Waals surface area (Å²) in [5.74, 6) is 0.625. The van der Waals surface area contributed by atoms with Crippen LogP contribution < -0.4 is 0 Å². The van der Waals surface area contributed by atoms with Gasteiger partial charge in [0.25, 0.3) is 0 Å². The molecule has 1 aliphatic carbocycles. The zero-order valence-corrected chi connectivity index (χ0v) is 8.15. The molecule has 2 rings (SSSR count). The quantitative estimate of drug-likeness (QED) is 0.729. The molecule has 0 radical (unpaired) electrons. The third-order valence-corrected chi connectivity index (χ3v) is 2.79. The summed E-state index contributed by atoms with van der Waals surface area (Å²) in [6.07, 6.45) is 6.63. The Kier molecular flexibility index (Phi) is 2.87. The summed E-state index contributed by atoms with van der Waals surface area (Å²) in [4.78, 5) is 11.7. The number of carbonyl (C=O) groups excluding carboxylic acids is 1. The maximum Gasteiger partial charge on any atom is 0.141 e. The molecule has 0 N–H and O–H groups in total. The molecule has 3 nitrogen and oxygen atoms in total. The van der Waals surface area contributed by atoms with Crippen LogP contribution in [0.5, 0.6) is 0 Å². The standard InChI is InChI=1S/C11H14N2O/c14-11(9-4-1-2-5-9)8-10-6-3-7-12-13-10/h3,6-7,9H,1-2,4-5,8H2. The van der Waals surface area contributed by atoms with Crippen molar-refractivity contribution in [2.75, 3.05) is 0 Å². The van der Waals surface area contributed by atoms with Crippen molar-refractivity contribution in [2.24, 2.45) is 5.92 Å². The van der Waals surface area contributed by atoms with Gasteiger partial charge in [0.05, 0.1) is 12.1 Å². The predicted molar refractivity (Wildman–Crippen MR) is 52.7 cm³/mol. The smallest absolute Gasteiger partial charge is 0.141 e. The van der Waals surface area contributed by atoms with Crippen molar-refractivity contribution in [2.45, 2.75) is 32.1 Å². The molecule has 1 aromatic rings. The van der Waals surface area contributed by atoms with Crippen LogP contribution in [0.25, 0.3) is 0 Å². The van der Waals surface area contributed by atoms with Gasteiger partial charge in [0.15, 0.2) is 0 Å². The highest BCUT2D eigenvalue weighted by Crippen LogP contribution is 2.26. The van der Waals surface area contributed by atoms with E-state index >= 15 is 0 Å². The van der Waals surface area contributed by atoms with Crippen LogP contribution in [0.2, 0.25) is 0 Å². The first-order valence-electron chi connectivity index (χ1n) is 5.15. The lowest BCUT2D eigenvalue weighted by atomic mass is 9.99. The normalized spacial score (nSPS) is 17.1. The number of Topliss-reactive ketones (excluding diaryl/α,β-unsaturated/α-hetero) is 1. The van der Waals surface area contributed by atoms with Crippen LogP contribution >= 0.6 is 0 Å². The third-order valence-electron chi connectivity index (χ3n) is 2.79. The van der Waals surface area contributed by atoms with Gasteiger partial charge in [-0.25, -0.2) is 0 Å². The summed E-state index contributed by atoms with van der Waals surface area (Å²) < 4.78 is 0. The van der Waals surface area contributed by atoms with Crippen LogP contribution in [0.3, 0.4) is 0 Å². The van der Waals surface area contributed by atoms with Gasteiger partial charge >= 0.3 is 0 Å². The topological polar surface area (TPSA) is 42.9 Å². The van der Waals surface area contributed by atoms with Gasteiger partial charge in [-0.1, -0.05) is 12.8 Å². The lowest BCUT2D eigenvalue weighted by Crippen LogP contribution is -2.14. The van der Waals surface area contributed by atoms with Gasteiger partial charge in [0, 0.05) is 12.1 Å². The molecule has 0 bridgehead atoms. The summed E-state index contributed by atoms with van der Waals surface area (Å²) >= 11 is 0. The number of aromatic nitrogens is 2. The number of nitrogens with zero attached hydrogens (tertiary/aromatic N) is 2. The Morgan fingerprint density at radius 2 is 2.21 bits per heavy atom. The minimum Gasteiger partial charge on any atom is -0.299 e. The van der Waals surface area contributed by atoms with Crippen molar-refractivity contribution in [3.63, 3.8) is 0 Å². The lowest BCUT2D eigenvalue weighted by Gasteiger charge is -2.06. The molecule has 0 aromatic carbocycles. The first kappa shape index (κ1) is 9.31. The van der Waals surface area contributed by atoms with Gasteiger partial charge in [-0.05, 0) is 25.0 Å². The van der Waals surface area contributed by atoms with Gasteiger partial charge in [-0.15, -0.1) is 0 Å². The fourth-order valence-electron chi connectivity index (χ4n) is 2.00. The van der Waals surface area contributed by atoms with Crippen LogP contribution in [-0.4, -0.2) is 16.0 Å². The van der Waals surface area contributed by atoms with Gasteiger partial charge in [-0.3, -0.25) is 4.79 Å². The Hall–Kier alpha value is -1.25. The van der Waals surface area contributed by atoms with Crippen molar-refractivity contribution in [1.82, 2.24) is 10.2 Å². The molecule has 14 heavy (non-hydrogen) atoms. The molecule has 1 aromatic heterocycles. The van der Waals surface area contributed by atoms with Gasteiger partial charge in [-0.2, -0.15) is 10.2 Å².